The van der Waals surface area contributed by atoms with E-state index < -0.39 is 0 Å². The van der Waals surface area contributed by atoms with Crippen LogP contribution in [0, 0.1) is 0 Å². The van der Waals surface area contributed by atoms with Gasteiger partial charge in [0.15, 0.2) is 0 Å². The first kappa shape index (κ1) is 8.05. The summed E-state index contributed by atoms with van der Waals surface area (Å²) in [5, 5.41) is 0. The van der Waals surface area contributed by atoms with E-state index in [0.29, 0.717) is 0 Å². The van der Waals surface area contributed by atoms with Crippen LogP contribution in [0.15, 0.2) is 42.9 Å². The first-order chi connectivity index (χ1) is 6.42. The molecule has 2 heteroatoms. The van der Waals surface area contributed by atoms with Crippen LogP contribution in [0.4, 0.5) is 0 Å². The molecular weight excluding hydrogens is 160 g/mol. The number of aryl methyl sites for hydroxylation is 1. The Hall–Kier alpha value is -1.57. The van der Waals surface area contributed by atoms with Gasteiger partial charge in [0.05, 0.1) is 11.4 Å². The van der Waals surface area contributed by atoms with Gasteiger partial charge >= 0.3 is 0 Å². The molecule has 0 atom stereocenters. The predicted molar refractivity (Wildman–Crippen MR) is 52.9 cm³/mol. The van der Waals surface area contributed by atoms with Crippen LogP contribution in [0.3, 0.4) is 0 Å². The van der Waals surface area contributed by atoms with Crippen LogP contribution >= 0.6 is 0 Å². The second-order valence-corrected chi connectivity index (χ2v) is 2.91. The van der Waals surface area contributed by atoms with Crippen LogP contribution in [0.2, 0.25) is 0 Å². The highest BCUT2D eigenvalue weighted by molar-refractivity contribution is 5.36. The van der Waals surface area contributed by atoms with Gasteiger partial charge in [-0.1, -0.05) is 6.92 Å². The van der Waals surface area contributed by atoms with E-state index in [2.05, 4.69) is 22.5 Å². The van der Waals surface area contributed by atoms with E-state index in [-0.39, 0.29) is 0 Å². The van der Waals surface area contributed by atoms with Crippen LogP contribution in [-0.2, 0) is 6.42 Å². The maximum absolute atomic E-state index is 4.33. The molecule has 0 saturated heterocycles. The normalized spacial score (nSPS) is 10.2. The molecular formula is C11H12N2. The van der Waals surface area contributed by atoms with Crippen LogP contribution in [0.1, 0.15) is 12.6 Å². The van der Waals surface area contributed by atoms with Crippen molar-refractivity contribution < 1.29 is 0 Å². The van der Waals surface area contributed by atoms with E-state index in [9.17, 15) is 0 Å². The topological polar surface area (TPSA) is 17.8 Å². The molecule has 13 heavy (non-hydrogen) atoms. The summed E-state index contributed by atoms with van der Waals surface area (Å²) in [5.74, 6) is 0. The SMILES string of the molecule is CCc1ncccc1-n1cccc1. The standard InChI is InChI=1S/C11H12N2/c1-2-10-11(6-5-7-12-10)13-8-3-4-9-13/h3-9H,2H2,1H3. The monoisotopic (exact) mass is 172 g/mol. The predicted octanol–water partition coefficient (Wildman–Crippen LogP) is 2.43. The van der Waals surface area contributed by atoms with E-state index in [1.807, 2.05) is 36.8 Å². The summed E-state index contributed by atoms with van der Waals surface area (Å²) < 4.78 is 2.09. The highest BCUT2D eigenvalue weighted by Crippen LogP contribution is 2.11. The van der Waals surface area contributed by atoms with Gasteiger partial charge in [0.1, 0.15) is 0 Å². The van der Waals surface area contributed by atoms with Crippen molar-refractivity contribution in [1.29, 1.82) is 0 Å². The third kappa shape index (κ3) is 1.47. The summed E-state index contributed by atoms with van der Waals surface area (Å²) in [5.41, 5.74) is 2.31. The minimum atomic E-state index is 0.967. The van der Waals surface area contributed by atoms with Crippen molar-refractivity contribution in [2.75, 3.05) is 0 Å². The molecule has 0 radical (unpaired) electrons. The second kappa shape index (κ2) is 3.44. The van der Waals surface area contributed by atoms with Gasteiger partial charge in [0, 0.05) is 18.6 Å². The van der Waals surface area contributed by atoms with Crippen molar-refractivity contribution in [3.63, 3.8) is 0 Å². The van der Waals surface area contributed by atoms with Crippen molar-refractivity contribution in [3.05, 3.63) is 48.5 Å². The zero-order valence-electron chi connectivity index (χ0n) is 7.64. The molecule has 2 nitrogen and oxygen atoms in total. The minimum Gasteiger partial charge on any atom is -0.322 e. The molecule has 0 bridgehead atoms. The van der Waals surface area contributed by atoms with Crippen molar-refractivity contribution in [1.82, 2.24) is 9.55 Å². The summed E-state index contributed by atoms with van der Waals surface area (Å²) in [6, 6.07) is 8.10. The third-order valence-electron chi connectivity index (χ3n) is 2.08. The van der Waals surface area contributed by atoms with Crippen LogP contribution in [-0.4, -0.2) is 9.55 Å². The Bertz CT molecular complexity index is 377. The Morgan fingerprint density at radius 1 is 1.23 bits per heavy atom. The number of pyridine rings is 1. The maximum atomic E-state index is 4.33. The van der Waals surface area contributed by atoms with Gasteiger partial charge in [-0.2, -0.15) is 0 Å². The molecule has 2 aromatic rings. The molecule has 2 heterocycles. The van der Waals surface area contributed by atoms with Crippen molar-refractivity contribution in [2.24, 2.45) is 0 Å². The highest BCUT2D eigenvalue weighted by Gasteiger charge is 2.00. The zero-order valence-corrected chi connectivity index (χ0v) is 7.64. The Morgan fingerprint density at radius 2 is 2.00 bits per heavy atom. The van der Waals surface area contributed by atoms with E-state index >= 15 is 0 Å². The molecule has 2 rings (SSSR count). The smallest absolute Gasteiger partial charge is 0.0666 e. The average Bonchev–Trinajstić information content (AvgIpc) is 2.70. The van der Waals surface area contributed by atoms with Gasteiger partial charge < -0.3 is 4.57 Å². The van der Waals surface area contributed by atoms with E-state index in [4.69, 9.17) is 0 Å². The Labute approximate surface area is 77.9 Å². The fourth-order valence-electron chi connectivity index (χ4n) is 1.43. The molecule has 0 unspecified atom stereocenters. The first-order valence-electron chi connectivity index (χ1n) is 4.49. The third-order valence-corrected chi connectivity index (χ3v) is 2.08. The van der Waals surface area contributed by atoms with E-state index in [1.54, 1.807) is 0 Å². The fourth-order valence-corrected chi connectivity index (χ4v) is 1.43. The van der Waals surface area contributed by atoms with Gasteiger partial charge in [0.2, 0.25) is 0 Å². The summed E-state index contributed by atoms with van der Waals surface area (Å²) >= 11 is 0. The summed E-state index contributed by atoms with van der Waals surface area (Å²) in [6.07, 6.45) is 6.88. The van der Waals surface area contributed by atoms with Crippen LogP contribution < -0.4 is 0 Å². The molecule has 0 fully saturated rings. The number of hydrogen-bond donors (Lipinski definition) is 0. The number of nitrogens with zero attached hydrogens (tertiary/aromatic N) is 2. The second-order valence-electron chi connectivity index (χ2n) is 2.91. The quantitative estimate of drug-likeness (QED) is 0.680. The highest BCUT2D eigenvalue weighted by atomic mass is 15.0. The molecule has 66 valence electrons. The van der Waals surface area contributed by atoms with Crippen molar-refractivity contribution in [3.8, 4) is 5.69 Å². The molecule has 0 aliphatic rings. The fraction of sp³-hybridized carbons (Fsp3) is 0.182. The number of rotatable bonds is 2. The Balaban J connectivity index is 2.51. The molecule has 2 aromatic heterocycles. The molecule has 0 amide bonds. The van der Waals surface area contributed by atoms with Crippen molar-refractivity contribution in [2.45, 2.75) is 13.3 Å². The summed E-state index contributed by atoms with van der Waals surface area (Å²) in [4.78, 5) is 4.33. The lowest BCUT2D eigenvalue weighted by molar-refractivity contribution is 0.959. The van der Waals surface area contributed by atoms with Gasteiger partial charge in [-0.05, 0) is 30.7 Å². The van der Waals surface area contributed by atoms with Gasteiger partial charge in [-0.25, -0.2) is 0 Å². The zero-order chi connectivity index (χ0) is 9.10. The molecule has 0 aromatic carbocycles. The first-order valence-corrected chi connectivity index (χ1v) is 4.49. The lowest BCUT2D eigenvalue weighted by atomic mass is 10.2. The molecule has 0 N–H and O–H groups in total. The van der Waals surface area contributed by atoms with E-state index in [0.717, 1.165) is 12.1 Å². The van der Waals surface area contributed by atoms with Crippen LogP contribution in [0.25, 0.3) is 5.69 Å². The molecule has 0 spiro atoms. The van der Waals surface area contributed by atoms with E-state index in [1.165, 1.54) is 5.69 Å². The van der Waals surface area contributed by atoms with Gasteiger partial charge in [0.25, 0.3) is 0 Å². The lowest BCUT2D eigenvalue weighted by Crippen LogP contribution is -1.97. The van der Waals surface area contributed by atoms with Crippen LogP contribution in [0.5, 0.6) is 0 Å². The maximum Gasteiger partial charge on any atom is 0.0666 e. The Kier molecular flexibility index (Phi) is 2.13. The lowest BCUT2D eigenvalue weighted by Gasteiger charge is -2.06. The van der Waals surface area contributed by atoms with Gasteiger partial charge in [-0.15, -0.1) is 0 Å². The van der Waals surface area contributed by atoms with Crippen molar-refractivity contribution >= 4 is 0 Å². The number of aromatic nitrogens is 2. The summed E-state index contributed by atoms with van der Waals surface area (Å²) in [7, 11) is 0. The van der Waals surface area contributed by atoms with Gasteiger partial charge in [-0.3, -0.25) is 4.98 Å². The largest absolute Gasteiger partial charge is 0.322 e. The average molecular weight is 172 g/mol. The number of hydrogen-bond acceptors (Lipinski definition) is 1. The Morgan fingerprint density at radius 3 is 2.69 bits per heavy atom. The molecule has 0 saturated carbocycles. The summed E-state index contributed by atoms with van der Waals surface area (Å²) in [6.45, 7) is 2.12. The molecule has 0 aliphatic carbocycles. The molecule has 0 aliphatic heterocycles. The minimum absolute atomic E-state index is 0.967.